The van der Waals surface area contributed by atoms with Gasteiger partial charge in [0.25, 0.3) is 0 Å². The van der Waals surface area contributed by atoms with E-state index in [4.69, 9.17) is 5.11 Å². The molecule has 6 heteroatoms. The first kappa shape index (κ1) is 10.0. The Balaban J connectivity index is 3.07. The van der Waals surface area contributed by atoms with Gasteiger partial charge >= 0.3 is 6.18 Å². The van der Waals surface area contributed by atoms with E-state index in [-0.39, 0.29) is 5.89 Å². The third-order valence-electron chi connectivity index (χ3n) is 1.67. The van der Waals surface area contributed by atoms with Crippen LogP contribution in [0.25, 0.3) is 0 Å². The lowest BCUT2D eigenvalue weighted by molar-refractivity contribution is -0.260. The number of aromatic nitrogens is 1. The number of alkyl halides is 3. The van der Waals surface area contributed by atoms with E-state index in [1.165, 1.54) is 6.92 Å². The van der Waals surface area contributed by atoms with Crippen molar-refractivity contribution >= 4 is 0 Å². The summed E-state index contributed by atoms with van der Waals surface area (Å²) in [5.41, 5.74) is -3.48. The molecule has 1 atom stereocenters. The van der Waals surface area contributed by atoms with Crippen LogP contribution in [0.4, 0.5) is 13.2 Å². The molecule has 13 heavy (non-hydrogen) atoms. The molecule has 0 amide bonds. The number of halogens is 3. The summed E-state index contributed by atoms with van der Waals surface area (Å²) in [6, 6.07) is 0. The molecule has 0 bridgehead atoms. The van der Waals surface area contributed by atoms with Crippen molar-refractivity contribution in [2.24, 2.45) is 0 Å². The van der Waals surface area contributed by atoms with Gasteiger partial charge in [-0.25, -0.2) is 4.98 Å². The van der Waals surface area contributed by atoms with Crippen molar-refractivity contribution in [3.63, 3.8) is 0 Å². The Kier molecular flexibility index (Phi) is 2.11. The van der Waals surface area contributed by atoms with Crippen molar-refractivity contribution in [2.75, 3.05) is 0 Å². The fraction of sp³-hybridized carbons (Fsp3) is 0.571. The van der Waals surface area contributed by atoms with Crippen molar-refractivity contribution in [3.05, 3.63) is 17.8 Å². The van der Waals surface area contributed by atoms with Crippen LogP contribution in [-0.2, 0) is 5.60 Å². The van der Waals surface area contributed by atoms with Crippen LogP contribution in [0.2, 0.25) is 0 Å². The van der Waals surface area contributed by atoms with E-state index in [0.29, 0.717) is 6.92 Å². The van der Waals surface area contributed by atoms with E-state index in [0.717, 1.165) is 6.26 Å². The van der Waals surface area contributed by atoms with Gasteiger partial charge in [-0.3, -0.25) is 0 Å². The molecule has 1 aromatic rings. The normalized spacial score (nSPS) is 17.1. The van der Waals surface area contributed by atoms with Crippen LogP contribution in [0, 0.1) is 6.92 Å². The maximum absolute atomic E-state index is 12.2. The van der Waals surface area contributed by atoms with E-state index in [1.807, 2.05) is 0 Å². The number of oxazole rings is 1. The maximum Gasteiger partial charge on any atom is 0.422 e. The summed E-state index contributed by atoms with van der Waals surface area (Å²) in [5.74, 6) is 0.0829. The van der Waals surface area contributed by atoms with Gasteiger partial charge in [0.15, 0.2) is 5.89 Å². The Morgan fingerprint density at radius 3 is 2.31 bits per heavy atom. The summed E-state index contributed by atoms with van der Waals surface area (Å²) in [5, 5.41) is 9.09. The van der Waals surface area contributed by atoms with Crippen molar-refractivity contribution in [2.45, 2.75) is 25.6 Å². The van der Waals surface area contributed by atoms with Crippen molar-refractivity contribution < 1.29 is 22.7 Å². The average molecular weight is 195 g/mol. The lowest BCUT2D eigenvalue weighted by Crippen LogP contribution is -2.39. The zero-order valence-electron chi connectivity index (χ0n) is 7.01. The van der Waals surface area contributed by atoms with Crippen molar-refractivity contribution in [1.82, 2.24) is 4.98 Å². The topological polar surface area (TPSA) is 46.3 Å². The number of hydrogen-bond acceptors (Lipinski definition) is 3. The molecular weight excluding hydrogens is 187 g/mol. The Morgan fingerprint density at radius 1 is 1.46 bits per heavy atom. The SMILES string of the molecule is Cc1nc(C(C)(O)C(F)(F)F)co1. The van der Waals surface area contributed by atoms with Gasteiger partial charge in [-0.15, -0.1) is 0 Å². The van der Waals surface area contributed by atoms with Crippen LogP contribution in [-0.4, -0.2) is 16.3 Å². The Hall–Kier alpha value is -1.04. The van der Waals surface area contributed by atoms with Crippen LogP contribution in [0.1, 0.15) is 18.5 Å². The molecule has 0 spiro atoms. The molecular formula is C7H8F3NO2. The minimum atomic E-state index is -4.75. The molecule has 0 fully saturated rings. The first-order valence-electron chi connectivity index (χ1n) is 3.47. The molecule has 74 valence electrons. The highest BCUT2D eigenvalue weighted by Crippen LogP contribution is 2.37. The largest absolute Gasteiger partial charge is 0.449 e. The zero-order chi connectivity index (χ0) is 10.3. The van der Waals surface area contributed by atoms with Gasteiger partial charge in [0, 0.05) is 6.92 Å². The third-order valence-corrected chi connectivity index (χ3v) is 1.67. The number of aryl methyl sites for hydroxylation is 1. The average Bonchev–Trinajstić information content (AvgIpc) is 2.33. The van der Waals surface area contributed by atoms with E-state index in [2.05, 4.69) is 9.40 Å². The van der Waals surface area contributed by atoms with E-state index in [9.17, 15) is 13.2 Å². The van der Waals surface area contributed by atoms with Gasteiger partial charge in [-0.05, 0) is 6.92 Å². The molecule has 0 saturated heterocycles. The molecule has 0 aliphatic heterocycles. The summed E-state index contributed by atoms with van der Waals surface area (Å²) in [7, 11) is 0. The van der Waals surface area contributed by atoms with Gasteiger partial charge < -0.3 is 9.52 Å². The Morgan fingerprint density at radius 2 is 2.00 bits per heavy atom. The maximum atomic E-state index is 12.2. The van der Waals surface area contributed by atoms with Crippen molar-refractivity contribution in [1.29, 1.82) is 0 Å². The monoisotopic (exact) mass is 195 g/mol. The second kappa shape index (κ2) is 2.73. The lowest BCUT2D eigenvalue weighted by atomic mass is 10.0. The predicted octanol–water partition coefficient (Wildman–Crippen LogP) is 1.75. The van der Waals surface area contributed by atoms with E-state index < -0.39 is 17.5 Å². The van der Waals surface area contributed by atoms with E-state index >= 15 is 0 Å². The summed E-state index contributed by atoms with van der Waals surface area (Å²) >= 11 is 0. The molecule has 0 aromatic carbocycles. The van der Waals surface area contributed by atoms with Crippen LogP contribution in [0.15, 0.2) is 10.7 Å². The summed E-state index contributed by atoms with van der Waals surface area (Å²) in [6.45, 7) is 2.03. The molecule has 0 saturated carbocycles. The van der Waals surface area contributed by atoms with Gasteiger partial charge in [0.2, 0.25) is 5.60 Å². The van der Waals surface area contributed by atoms with E-state index in [1.54, 1.807) is 0 Å². The highest BCUT2D eigenvalue weighted by molar-refractivity contribution is 5.09. The number of aliphatic hydroxyl groups is 1. The minimum absolute atomic E-state index is 0.0829. The summed E-state index contributed by atoms with van der Waals surface area (Å²) in [6.07, 6.45) is -3.96. The lowest BCUT2D eigenvalue weighted by Gasteiger charge is -2.23. The first-order chi connectivity index (χ1) is 5.75. The first-order valence-corrected chi connectivity index (χ1v) is 3.47. The van der Waals surface area contributed by atoms with Gasteiger partial charge in [0.05, 0.1) is 0 Å². The highest BCUT2D eigenvalue weighted by atomic mass is 19.4. The standard InChI is InChI=1S/C7H8F3NO2/c1-4-11-5(3-13-4)6(2,12)7(8,9)10/h3,12H,1-2H3. The van der Waals surface area contributed by atoms with Gasteiger partial charge in [0.1, 0.15) is 12.0 Å². The Labute approximate surface area is 72.2 Å². The second-order valence-electron chi connectivity index (χ2n) is 2.82. The van der Waals surface area contributed by atoms with Gasteiger partial charge in [-0.1, -0.05) is 0 Å². The number of hydrogen-bond donors (Lipinski definition) is 1. The summed E-state index contributed by atoms with van der Waals surface area (Å²) in [4.78, 5) is 3.41. The predicted molar refractivity (Wildman–Crippen MR) is 36.9 cm³/mol. The quantitative estimate of drug-likeness (QED) is 0.742. The smallest absolute Gasteiger partial charge is 0.422 e. The molecule has 3 nitrogen and oxygen atoms in total. The molecule has 1 N–H and O–H groups in total. The molecule has 0 aliphatic rings. The van der Waals surface area contributed by atoms with Crippen LogP contribution < -0.4 is 0 Å². The molecule has 1 unspecified atom stereocenters. The highest BCUT2D eigenvalue weighted by Gasteiger charge is 2.53. The van der Waals surface area contributed by atoms with Crippen LogP contribution >= 0.6 is 0 Å². The van der Waals surface area contributed by atoms with Crippen LogP contribution in [0.3, 0.4) is 0 Å². The Bertz CT molecular complexity index is 303. The zero-order valence-corrected chi connectivity index (χ0v) is 7.01. The number of rotatable bonds is 1. The fourth-order valence-electron chi connectivity index (χ4n) is 0.732. The number of nitrogens with zero attached hydrogens (tertiary/aromatic N) is 1. The van der Waals surface area contributed by atoms with Crippen LogP contribution in [0.5, 0.6) is 0 Å². The molecule has 0 radical (unpaired) electrons. The summed E-state index contributed by atoms with van der Waals surface area (Å²) < 4.78 is 41.2. The van der Waals surface area contributed by atoms with Gasteiger partial charge in [-0.2, -0.15) is 13.2 Å². The molecule has 1 aromatic heterocycles. The second-order valence-corrected chi connectivity index (χ2v) is 2.82. The molecule has 1 rings (SSSR count). The fourth-order valence-corrected chi connectivity index (χ4v) is 0.732. The van der Waals surface area contributed by atoms with Crippen molar-refractivity contribution in [3.8, 4) is 0 Å². The molecule has 1 heterocycles. The minimum Gasteiger partial charge on any atom is -0.449 e. The molecule has 0 aliphatic carbocycles. The third kappa shape index (κ3) is 1.67.